The van der Waals surface area contributed by atoms with Crippen LogP contribution in [0.3, 0.4) is 0 Å². The number of nitrogens with one attached hydrogen (secondary N) is 2. The van der Waals surface area contributed by atoms with Gasteiger partial charge in [0.05, 0.1) is 6.20 Å². The molecule has 1 aromatic heterocycles. The molecule has 1 aromatic carbocycles. The fourth-order valence-corrected chi connectivity index (χ4v) is 3.07. The lowest BCUT2D eigenvalue weighted by molar-refractivity contribution is -0.123. The van der Waals surface area contributed by atoms with E-state index in [9.17, 15) is 24.7 Å². The molecule has 0 radical (unpaired) electrons. The van der Waals surface area contributed by atoms with E-state index >= 15 is 0 Å². The van der Waals surface area contributed by atoms with Gasteiger partial charge in [-0.2, -0.15) is 0 Å². The van der Waals surface area contributed by atoms with Gasteiger partial charge in [0.1, 0.15) is 11.7 Å². The summed E-state index contributed by atoms with van der Waals surface area (Å²) in [7, 11) is 0. The maximum atomic E-state index is 12.7. The molecule has 0 fully saturated rings. The molecule has 162 valence electrons. The summed E-state index contributed by atoms with van der Waals surface area (Å²) in [5, 5.41) is 34.3. The van der Waals surface area contributed by atoms with Gasteiger partial charge in [0, 0.05) is 12.4 Å². The summed E-state index contributed by atoms with van der Waals surface area (Å²) in [5.41, 5.74) is 1.13. The van der Waals surface area contributed by atoms with Crippen LogP contribution in [0, 0.1) is 0 Å². The number of benzene rings is 1. The summed E-state index contributed by atoms with van der Waals surface area (Å²) in [6.07, 6.45) is 6.34. The molecule has 2 rings (SSSR count). The fraction of sp³-hybridized carbons (Fsp3) is 0.400. The van der Waals surface area contributed by atoms with Gasteiger partial charge < -0.3 is 25.7 Å². The molecule has 2 amide bonds. The second-order valence-corrected chi connectivity index (χ2v) is 7.19. The topological polar surface area (TPSA) is 145 Å². The minimum absolute atomic E-state index is 0.0656. The molecule has 0 unspecified atom stereocenters. The lowest BCUT2D eigenvalue weighted by atomic mass is 9.67. The van der Waals surface area contributed by atoms with Crippen molar-refractivity contribution in [2.45, 2.75) is 51.0 Å². The Balaban J connectivity index is 1.99. The highest BCUT2D eigenvalue weighted by atomic mass is 16.5. The normalized spacial score (nSPS) is 13.3. The SMILES string of the molecule is CCC[C@@H](NC(=O)c1cnccn1)C(=O)N[C@@H](CCCc1ccccc1)[B-](O)(O)O. The summed E-state index contributed by atoms with van der Waals surface area (Å²) in [6.45, 7) is -1.93. The minimum atomic E-state index is -3.78. The van der Waals surface area contributed by atoms with Gasteiger partial charge in [0.2, 0.25) is 5.91 Å². The number of hydrogen-bond acceptors (Lipinski definition) is 7. The molecule has 5 N–H and O–H groups in total. The highest BCUT2D eigenvalue weighted by molar-refractivity contribution is 6.58. The van der Waals surface area contributed by atoms with Crippen LogP contribution in [0.1, 0.15) is 48.7 Å². The number of amides is 2. The van der Waals surface area contributed by atoms with Gasteiger partial charge in [-0.15, -0.1) is 0 Å². The zero-order chi connectivity index (χ0) is 22.0. The molecular formula is C20H28BN4O5-. The largest absolute Gasteiger partial charge is 0.558 e. The van der Waals surface area contributed by atoms with E-state index in [-0.39, 0.29) is 12.1 Å². The highest BCUT2D eigenvalue weighted by Crippen LogP contribution is 2.11. The molecule has 9 nitrogen and oxygen atoms in total. The van der Waals surface area contributed by atoms with Gasteiger partial charge in [-0.25, -0.2) is 4.98 Å². The number of rotatable bonds is 11. The smallest absolute Gasteiger partial charge is 0.393 e. The van der Waals surface area contributed by atoms with Crippen LogP contribution in [0.15, 0.2) is 48.9 Å². The summed E-state index contributed by atoms with van der Waals surface area (Å²) in [6, 6.07) is 8.69. The Morgan fingerprint density at radius 2 is 1.80 bits per heavy atom. The van der Waals surface area contributed by atoms with Crippen LogP contribution >= 0.6 is 0 Å². The van der Waals surface area contributed by atoms with E-state index in [0.717, 1.165) is 5.56 Å². The van der Waals surface area contributed by atoms with Crippen molar-refractivity contribution in [2.75, 3.05) is 0 Å². The van der Waals surface area contributed by atoms with Crippen molar-refractivity contribution in [3.05, 3.63) is 60.2 Å². The number of aryl methyl sites for hydroxylation is 1. The van der Waals surface area contributed by atoms with Crippen molar-refractivity contribution in [2.24, 2.45) is 0 Å². The number of carbonyl (C=O) groups is 2. The van der Waals surface area contributed by atoms with Crippen LogP contribution < -0.4 is 10.6 Å². The first-order chi connectivity index (χ1) is 14.3. The Morgan fingerprint density at radius 1 is 1.07 bits per heavy atom. The zero-order valence-corrected chi connectivity index (χ0v) is 16.9. The average Bonchev–Trinajstić information content (AvgIpc) is 2.73. The Bertz CT molecular complexity index is 802. The predicted molar refractivity (Wildman–Crippen MR) is 112 cm³/mol. The number of nitrogens with zero attached hydrogens (tertiary/aromatic N) is 2. The van der Waals surface area contributed by atoms with Gasteiger partial charge in [0.25, 0.3) is 5.91 Å². The average molecular weight is 415 g/mol. The molecule has 30 heavy (non-hydrogen) atoms. The van der Waals surface area contributed by atoms with Crippen molar-refractivity contribution in [1.82, 2.24) is 20.6 Å². The Labute approximate surface area is 175 Å². The Kier molecular flexibility index (Phi) is 8.91. The van der Waals surface area contributed by atoms with Crippen LogP contribution in [0.2, 0.25) is 0 Å². The van der Waals surface area contributed by atoms with E-state index in [4.69, 9.17) is 0 Å². The first-order valence-corrected chi connectivity index (χ1v) is 10.0. The summed E-state index contributed by atoms with van der Waals surface area (Å²) >= 11 is 0. The first-order valence-electron chi connectivity index (χ1n) is 10.0. The predicted octanol–water partition coefficient (Wildman–Crippen LogP) is 0.338. The van der Waals surface area contributed by atoms with Crippen LogP contribution in [0.4, 0.5) is 0 Å². The quantitative estimate of drug-likeness (QED) is 0.333. The molecule has 10 heteroatoms. The molecule has 2 aromatic rings. The van der Waals surface area contributed by atoms with E-state index in [0.29, 0.717) is 25.7 Å². The Morgan fingerprint density at radius 3 is 2.40 bits per heavy atom. The molecule has 2 atom stereocenters. The number of aromatic nitrogens is 2. The number of carbonyl (C=O) groups excluding carboxylic acids is 2. The van der Waals surface area contributed by atoms with E-state index in [1.165, 1.54) is 18.6 Å². The van der Waals surface area contributed by atoms with Gasteiger partial charge >= 0.3 is 6.75 Å². The maximum absolute atomic E-state index is 12.7. The second-order valence-electron chi connectivity index (χ2n) is 7.19. The molecule has 0 bridgehead atoms. The molecular weight excluding hydrogens is 387 g/mol. The molecule has 0 aliphatic carbocycles. The van der Waals surface area contributed by atoms with Crippen LogP contribution in [0.5, 0.6) is 0 Å². The molecule has 0 aliphatic rings. The minimum Gasteiger partial charge on any atom is -0.558 e. The van der Waals surface area contributed by atoms with Gasteiger partial charge in [-0.1, -0.05) is 56.5 Å². The third-order valence-corrected chi connectivity index (χ3v) is 4.69. The highest BCUT2D eigenvalue weighted by Gasteiger charge is 2.32. The second kappa shape index (κ2) is 11.4. The molecule has 0 saturated heterocycles. The van der Waals surface area contributed by atoms with Crippen molar-refractivity contribution in [3.63, 3.8) is 0 Å². The summed E-state index contributed by atoms with van der Waals surface area (Å²) < 4.78 is 0. The van der Waals surface area contributed by atoms with Crippen molar-refractivity contribution >= 4 is 18.6 Å². The van der Waals surface area contributed by atoms with Gasteiger partial charge in [0.15, 0.2) is 0 Å². The van der Waals surface area contributed by atoms with Crippen LogP contribution in [-0.4, -0.2) is 55.6 Å². The summed E-state index contributed by atoms with van der Waals surface area (Å²) in [5.74, 6) is -2.43. The first kappa shape index (κ1) is 23.5. The third kappa shape index (κ3) is 7.55. The lowest BCUT2D eigenvalue weighted by Crippen LogP contribution is -2.60. The van der Waals surface area contributed by atoms with E-state index in [1.807, 2.05) is 37.3 Å². The zero-order valence-electron chi connectivity index (χ0n) is 16.9. The lowest BCUT2D eigenvalue weighted by Gasteiger charge is -2.34. The molecule has 0 saturated carbocycles. The van der Waals surface area contributed by atoms with Crippen molar-refractivity contribution in [1.29, 1.82) is 0 Å². The van der Waals surface area contributed by atoms with E-state index in [2.05, 4.69) is 20.6 Å². The van der Waals surface area contributed by atoms with Crippen LogP contribution in [0.25, 0.3) is 0 Å². The van der Waals surface area contributed by atoms with Crippen LogP contribution in [-0.2, 0) is 11.2 Å². The van der Waals surface area contributed by atoms with E-state index in [1.54, 1.807) is 0 Å². The monoisotopic (exact) mass is 415 g/mol. The Hall–Kier alpha value is -2.82. The molecule has 1 heterocycles. The third-order valence-electron chi connectivity index (χ3n) is 4.69. The number of hydrogen-bond donors (Lipinski definition) is 5. The van der Waals surface area contributed by atoms with Crippen molar-refractivity contribution < 1.29 is 24.7 Å². The van der Waals surface area contributed by atoms with Crippen molar-refractivity contribution in [3.8, 4) is 0 Å². The van der Waals surface area contributed by atoms with E-state index < -0.39 is 30.6 Å². The maximum Gasteiger partial charge on any atom is 0.393 e. The van der Waals surface area contributed by atoms with Gasteiger partial charge in [-0.05, 0) is 24.3 Å². The standard InChI is InChI=1S/C20H28BN4O5/c1-2-7-16(24-20(27)17-14-22-12-13-23-17)19(26)25-18(21(28,29)30)11-6-10-15-8-4-3-5-9-15/h3-5,8-9,12-14,16,18,28-30H,2,6-7,10-11H2,1H3,(H,24,27)(H,25,26)/q-1/t16-,18+/m1/s1. The van der Waals surface area contributed by atoms with Gasteiger partial charge in [-0.3, -0.25) is 14.6 Å². The fourth-order valence-electron chi connectivity index (χ4n) is 3.07. The molecule has 0 aliphatic heterocycles. The summed E-state index contributed by atoms with van der Waals surface area (Å²) in [4.78, 5) is 32.7. The molecule has 0 spiro atoms.